The molecule has 84 heavy (non-hydrogen) atoms. The van der Waals surface area contributed by atoms with E-state index in [0.717, 1.165) is 127 Å². The molecule has 13 heterocycles. The van der Waals surface area contributed by atoms with Crippen LogP contribution in [0.3, 0.4) is 0 Å². The number of benzene rings is 5. The Balaban J connectivity index is 1.06. The Morgan fingerprint density at radius 2 is 0.595 bits per heavy atom. The van der Waals surface area contributed by atoms with Gasteiger partial charge in [-0.05, 0) is 117 Å². The number of hydrogen-bond donors (Lipinski definition) is 2. The molecule has 19 rings (SSSR count). The van der Waals surface area contributed by atoms with E-state index in [1.165, 1.54) is 11.1 Å². The van der Waals surface area contributed by atoms with E-state index in [9.17, 15) is 10.2 Å². The molecule has 430 valence electrons. The number of aromatic hydroxyl groups is 2. The second-order valence-electron chi connectivity index (χ2n) is 27.8. The molecule has 0 amide bonds. The van der Waals surface area contributed by atoms with Gasteiger partial charge in [0, 0.05) is 99.2 Å². The first-order chi connectivity index (χ1) is 39.9. The summed E-state index contributed by atoms with van der Waals surface area (Å²) in [5.41, 5.74) is 18.1. The Kier molecular flexibility index (Phi) is 15.7. The lowest BCUT2D eigenvalue weighted by molar-refractivity contribution is -0.697. The van der Waals surface area contributed by atoms with Gasteiger partial charge in [-0.1, -0.05) is 132 Å². The fourth-order valence-corrected chi connectivity index (χ4v) is 11.9. The van der Waals surface area contributed by atoms with Gasteiger partial charge in [-0.2, -0.15) is 9.13 Å². The molecule has 9 aromatic rings. The van der Waals surface area contributed by atoms with Crippen molar-refractivity contribution in [3.63, 3.8) is 0 Å². The van der Waals surface area contributed by atoms with Crippen molar-refractivity contribution in [3.8, 4) is 56.6 Å². The van der Waals surface area contributed by atoms with E-state index in [2.05, 4.69) is 272 Å². The minimum Gasteiger partial charge on any atom is -0.507 e. The van der Waals surface area contributed by atoms with Gasteiger partial charge in [0.1, 0.15) is 23.0 Å². The highest BCUT2D eigenvalue weighted by Crippen LogP contribution is 2.44. The quantitative estimate of drug-likeness (QED) is 0.148. The lowest BCUT2D eigenvalue weighted by Gasteiger charge is -2.28. The normalized spacial score (nSPS) is 14.2. The number of fused-ring (bicyclic) bond motifs is 1. The molecule has 1 aliphatic carbocycles. The highest BCUT2D eigenvalue weighted by atomic mass is 16.5. The molecule has 0 spiro atoms. The highest BCUT2D eigenvalue weighted by molar-refractivity contribution is 5.63. The summed E-state index contributed by atoms with van der Waals surface area (Å²) in [6.45, 7) is 29.6. The smallest absolute Gasteiger partial charge is 0.217 e. The van der Waals surface area contributed by atoms with Gasteiger partial charge < -0.3 is 19.7 Å². The number of hydrogen-bond acceptors (Lipinski definition) is 4. The molecule has 9 aliphatic heterocycles. The highest BCUT2D eigenvalue weighted by Gasteiger charge is 2.29. The molecule has 20 bridgehead atoms. The van der Waals surface area contributed by atoms with Crippen LogP contribution in [-0.2, 0) is 60.4 Å². The van der Waals surface area contributed by atoms with Crippen LogP contribution < -0.4 is 27.7 Å². The Bertz CT molecular complexity index is 3520. The van der Waals surface area contributed by atoms with E-state index in [0.29, 0.717) is 50.4 Å². The van der Waals surface area contributed by atoms with Crippen LogP contribution in [0.4, 0.5) is 0 Å². The topological polar surface area (TPSA) is 74.4 Å². The lowest BCUT2D eigenvalue weighted by Crippen LogP contribution is -2.33. The Morgan fingerprint density at radius 3 is 0.869 bits per heavy atom. The Labute approximate surface area is 499 Å². The molecule has 2 N–H and O–H groups in total. The fraction of sp³-hybridized carbons (Fsp3) is 0.342. The van der Waals surface area contributed by atoms with Gasteiger partial charge in [0.25, 0.3) is 0 Å². The first-order valence-electron chi connectivity index (χ1n) is 30.3. The van der Waals surface area contributed by atoms with Gasteiger partial charge in [-0.25, -0.2) is 9.13 Å². The van der Waals surface area contributed by atoms with Crippen LogP contribution in [0, 0.1) is 0 Å². The van der Waals surface area contributed by atoms with Crippen molar-refractivity contribution in [2.24, 2.45) is 0 Å². The zero-order valence-corrected chi connectivity index (χ0v) is 51.7. The average molecular weight is 1120 g/mol. The minimum absolute atomic E-state index is 0.203. The van der Waals surface area contributed by atoms with Crippen molar-refractivity contribution in [2.45, 2.75) is 156 Å². The van der Waals surface area contributed by atoms with Crippen molar-refractivity contribution in [2.75, 3.05) is 13.2 Å². The number of pyridine rings is 4. The molecular weight excluding hydrogens is 1030 g/mol. The first kappa shape index (κ1) is 57.7. The van der Waals surface area contributed by atoms with Crippen LogP contribution in [-0.4, -0.2) is 23.4 Å². The number of aromatic nitrogens is 4. The predicted octanol–water partition coefficient (Wildman–Crippen LogP) is 14.7. The van der Waals surface area contributed by atoms with Gasteiger partial charge in [0.05, 0.1) is 19.3 Å². The van der Waals surface area contributed by atoms with Crippen LogP contribution in [0.5, 0.6) is 23.0 Å². The van der Waals surface area contributed by atoms with Gasteiger partial charge in [0.2, 0.25) is 11.4 Å². The largest absolute Gasteiger partial charge is 0.507 e. The average Bonchev–Trinajstić information content (AvgIpc) is 2.14. The fourth-order valence-electron chi connectivity index (χ4n) is 11.9. The van der Waals surface area contributed by atoms with Gasteiger partial charge in [-0.15, -0.1) is 0 Å². The molecule has 4 aromatic heterocycles. The maximum absolute atomic E-state index is 12.9. The Hall–Kier alpha value is -8.10. The van der Waals surface area contributed by atoms with E-state index < -0.39 is 0 Å². The van der Waals surface area contributed by atoms with Crippen LogP contribution in [0.2, 0.25) is 0 Å². The summed E-state index contributed by atoms with van der Waals surface area (Å²) in [6.07, 6.45) is 20.5. The van der Waals surface area contributed by atoms with Gasteiger partial charge in [0.15, 0.2) is 62.7 Å². The third kappa shape index (κ3) is 12.7. The van der Waals surface area contributed by atoms with Crippen LogP contribution >= 0.6 is 0 Å². The zero-order chi connectivity index (χ0) is 59.3. The molecule has 0 radical (unpaired) electrons. The van der Waals surface area contributed by atoms with E-state index in [4.69, 9.17) is 9.47 Å². The molecule has 8 nitrogen and oxygen atoms in total. The summed E-state index contributed by atoms with van der Waals surface area (Å²) in [4.78, 5) is 0. The van der Waals surface area contributed by atoms with E-state index in [1.807, 2.05) is 0 Å². The SMILES string of the molecule is CC(C)(C)c1cc2c(O)c(c1)Cc1cc(C(C)(C)C)cc3c1OCCC[n+]1ccc(cc1)-c1cc[n+](cc1)-c1cccc(c1)-[n+]1ccc(cc1)-c1cc[n+](cc1)CCCOc1c(cc(C(C)(C)C)cc1Cc1cc(C(C)(C)C)cc(c1O)C3)C2. The monoisotopic (exact) mass is 1120 g/mol. The summed E-state index contributed by atoms with van der Waals surface area (Å²) < 4.78 is 23.1. The van der Waals surface area contributed by atoms with Crippen molar-refractivity contribution in [1.82, 2.24) is 0 Å². The molecule has 0 saturated heterocycles. The molecule has 5 aromatic carbocycles. The summed E-state index contributed by atoms with van der Waals surface area (Å²) in [5.74, 6) is 2.24. The first-order valence-corrected chi connectivity index (χ1v) is 30.3. The van der Waals surface area contributed by atoms with Crippen LogP contribution in [0.25, 0.3) is 33.6 Å². The van der Waals surface area contributed by atoms with E-state index in [-0.39, 0.29) is 21.7 Å². The third-order valence-electron chi connectivity index (χ3n) is 17.2. The second-order valence-corrected chi connectivity index (χ2v) is 27.8. The van der Waals surface area contributed by atoms with Crippen LogP contribution in [0.1, 0.15) is 163 Å². The second kappa shape index (κ2) is 22.8. The number of aryl methyl sites for hydroxylation is 2. The predicted molar refractivity (Wildman–Crippen MR) is 336 cm³/mol. The molecule has 10 aliphatic rings. The van der Waals surface area contributed by atoms with E-state index in [1.54, 1.807) is 0 Å². The zero-order valence-electron chi connectivity index (χ0n) is 51.7. The summed E-state index contributed by atoms with van der Waals surface area (Å²) in [5, 5.41) is 25.8. The lowest BCUT2D eigenvalue weighted by atomic mass is 9.79. The van der Waals surface area contributed by atoms with Gasteiger partial charge >= 0.3 is 0 Å². The molecule has 0 fully saturated rings. The minimum atomic E-state index is -0.211. The molecule has 0 unspecified atom stereocenters. The third-order valence-corrected chi connectivity index (χ3v) is 17.2. The number of phenolic OH excluding ortho intramolecular Hbond substituents is 2. The maximum Gasteiger partial charge on any atom is 0.217 e. The number of ether oxygens (including phenoxy) is 2. The summed E-state index contributed by atoms with van der Waals surface area (Å²) in [6, 6.07) is 44.2. The molecular formula is C76H86N4O4+4. The van der Waals surface area contributed by atoms with E-state index >= 15 is 0 Å². The van der Waals surface area contributed by atoms with Crippen molar-refractivity contribution >= 4 is 0 Å². The number of phenols is 2. The van der Waals surface area contributed by atoms with Crippen molar-refractivity contribution in [1.29, 1.82) is 0 Å². The van der Waals surface area contributed by atoms with Crippen LogP contribution in [0.15, 0.2) is 171 Å². The molecule has 0 saturated carbocycles. The van der Waals surface area contributed by atoms with Crippen molar-refractivity contribution in [3.05, 3.63) is 238 Å². The molecule has 8 heteroatoms. The van der Waals surface area contributed by atoms with Crippen molar-refractivity contribution < 1.29 is 38.0 Å². The summed E-state index contributed by atoms with van der Waals surface area (Å²) in [7, 11) is 0. The maximum atomic E-state index is 12.9. The standard InChI is InChI=1S/C76H84N4O4/c1-73(2,3)63-42-55-38-59-46-65(75(7,8)9)48-61-40-57-44-64(74(4,5)6)45-58(70(57)82)41-62-49-66(76(10,11)12)47-60(39-56(43-63)69(55)81)72(62)84-37-15-27-78-30-20-52(21-31-78)54-24-34-80(35-25-54)68-17-13-16-67(50-68)79-32-22-53(23-33-79)51-18-28-77(29-19-51)26-14-36-83-71(59)61/h13,16-25,28-35,42-50H,14-15,26-27,36-41H2,1-12H3/q+2/p+2. The summed E-state index contributed by atoms with van der Waals surface area (Å²) >= 11 is 0. The number of nitrogens with zero attached hydrogens (tertiary/aromatic N) is 4. The van der Waals surface area contributed by atoms with Gasteiger partial charge in [-0.3, -0.25) is 0 Å². The number of rotatable bonds is 0. The molecule has 0 atom stereocenters. The Morgan fingerprint density at radius 1 is 0.333 bits per heavy atom.